The SMILES string of the molecule is CCOC(=O)C1CCN(C(=O)c2ccc3c(c2)[C@@H]2[C@H]4CC[C@@H](C4)[C@@H]2[C@H](c2ccccc2)N3)CC1. The molecule has 5 nitrogen and oxygen atoms in total. The summed E-state index contributed by atoms with van der Waals surface area (Å²) < 4.78 is 5.18. The summed E-state index contributed by atoms with van der Waals surface area (Å²) in [6.07, 6.45) is 5.33. The summed E-state index contributed by atoms with van der Waals surface area (Å²) in [4.78, 5) is 27.4. The van der Waals surface area contributed by atoms with E-state index in [0.717, 1.165) is 17.4 Å². The molecule has 0 aromatic heterocycles. The van der Waals surface area contributed by atoms with Crippen LogP contribution in [0.2, 0.25) is 0 Å². The number of rotatable bonds is 4. The highest BCUT2D eigenvalue weighted by atomic mass is 16.5. The van der Waals surface area contributed by atoms with Crippen LogP contribution < -0.4 is 5.32 Å². The van der Waals surface area contributed by atoms with Gasteiger partial charge in [0, 0.05) is 24.3 Å². The summed E-state index contributed by atoms with van der Waals surface area (Å²) in [6, 6.07) is 17.5. The second kappa shape index (κ2) is 8.75. The maximum Gasteiger partial charge on any atom is 0.309 e. The number of hydrogen-bond donors (Lipinski definition) is 1. The number of carbonyl (C=O) groups is 2. The lowest BCUT2D eigenvalue weighted by Gasteiger charge is -2.43. The van der Waals surface area contributed by atoms with Crippen molar-refractivity contribution >= 4 is 17.6 Å². The third-order valence-corrected chi connectivity index (χ3v) is 8.89. The van der Waals surface area contributed by atoms with E-state index in [1.807, 2.05) is 17.9 Å². The van der Waals surface area contributed by atoms with Gasteiger partial charge in [0.1, 0.15) is 0 Å². The highest BCUT2D eigenvalue weighted by molar-refractivity contribution is 5.95. The number of fused-ring (bicyclic) bond motifs is 7. The van der Waals surface area contributed by atoms with Crippen molar-refractivity contribution in [2.75, 3.05) is 25.0 Å². The summed E-state index contributed by atoms with van der Waals surface area (Å²) in [7, 11) is 0. The molecule has 4 aliphatic rings. The van der Waals surface area contributed by atoms with Crippen LogP contribution in [0.5, 0.6) is 0 Å². The molecular formula is C29H34N2O3. The van der Waals surface area contributed by atoms with E-state index in [1.54, 1.807) is 0 Å². The predicted molar refractivity (Wildman–Crippen MR) is 132 cm³/mol. The smallest absolute Gasteiger partial charge is 0.309 e. The maximum absolute atomic E-state index is 13.4. The van der Waals surface area contributed by atoms with Crippen molar-refractivity contribution < 1.29 is 14.3 Å². The molecule has 1 saturated heterocycles. The van der Waals surface area contributed by atoms with Crippen molar-refractivity contribution in [1.29, 1.82) is 0 Å². The highest BCUT2D eigenvalue weighted by Crippen LogP contribution is 2.63. The summed E-state index contributed by atoms with van der Waals surface area (Å²) >= 11 is 0. The van der Waals surface area contributed by atoms with Gasteiger partial charge in [-0.3, -0.25) is 9.59 Å². The Kier molecular flexibility index (Phi) is 5.59. The van der Waals surface area contributed by atoms with Crippen molar-refractivity contribution in [2.24, 2.45) is 23.7 Å². The maximum atomic E-state index is 13.4. The number of benzene rings is 2. The van der Waals surface area contributed by atoms with Crippen LogP contribution in [0.15, 0.2) is 48.5 Å². The number of carbonyl (C=O) groups excluding carboxylic acids is 2. The molecule has 2 aliphatic carbocycles. The molecule has 0 radical (unpaired) electrons. The number of ether oxygens (including phenoxy) is 1. The van der Waals surface area contributed by atoms with E-state index in [-0.39, 0.29) is 17.8 Å². The van der Waals surface area contributed by atoms with Crippen LogP contribution in [-0.4, -0.2) is 36.5 Å². The summed E-state index contributed by atoms with van der Waals surface area (Å²) in [5, 5.41) is 3.87. The van der Waals surface area contributed by atoms with Gasteiger partial charge in [-0.25, -0.2) is 0 Å². The molecule has 0 spiro atoms. The fourth-order valence-corrected chi connectivity index (χ4v) is 7.37. The number of esters is 1. The molecule has 3 fully saturated rings. The van der Waals surface area contributed by atoms with E-state index in [1.165, 1.54) is 36.1 Å². The monoisotopic (exact) mass is 458 g/mol. The average Bonchev–Trinajstić information content (AvgIpc) is 3.51. The third-order valence-electron chi connectivity index (χ3n) is 8.89. The molecule has 0 unspecified atom stereocenters. The van der Waals surface area contributed by atoms with Gasteiger partial charge in [0.05, 0.1) is 18.6 Å². The van der Waals surface area contributed by atoms with Crippen molar-refractivity contribution in [3.63, 3.8) is 0 Å². The highest BCUT2D eigenvalue weighted by Gasteiger charge is 2.53. The first-order valence-electron chi connectivity index (χ1n) is 13.1. The molecule has 2 heterocycles. The zero-order valence-electron chi connectivity index (χ0n) is 19.9. The number of nitrogens with one attached hydrogen (secondary N) is 1. The van der Waals surface area contributed by atoms with Gasteiger partial charge in [-0.1, -0.05) is 30.3 Å². The molecule has 2 saturated carbocycles. The van der Waals surface area contributed by atoms with Crippen LogP contribution in [0.25, 0.3) is 0 Å². The van der Waals surface area contributed by atoms with Gasteiger partial charge in [0.15, 0.2) is 0 Å². The molecule has 1 N–H and O–H groups in total. The van der Waals surface area contributed by atoms with Crippen LogP contribution >= 0.6 is 0 Å². The van der Waals surface area contributed by atoms with Crippen LogP contribution in [0.3, 0.4) is 0 Å². The Balaban J connectivity index is 1.24. The van der Waals surface area contributed by atoms with E-state index in [4.69, 9.17) is 4.74 Å². The summed E-state index contributed by atoms with van der Waals surface area (Å²) in [6.45, 7) is 3.48. The first kappa shape index (κ1) is 21.7. The lowest BCUT2D eigenvalue weighted by molar-refractivity contribution is -0.149. The Labute approximate surface area is 201 Å². The third kappa shape index (κ3) is 3.60. The molecule has 2 aromatic carbocycles. The second-order valence-electron chi connectivity index (χ2n) is 10.6. The van der Waals surface area contributed by atoms with Crippen molar-refractivity contribution in [3.05, 3.63) is 65.2 Å². The standard InChI is InChI=1S/C29H34N2O3/c1-2-34-29(33)19-12-14-31(15-13-19)28(32)22-10-11-24-23(17-22)25-20-8-9-21(16-20)26(25)27(30-24)18-6-4-3-5-7-18/h3-7,10-11,17,19-21,25-27,30H,2,8-9,12-16H2,1H3/t20-,21-,25-,26-,27-/m0/s1. The van der Waals surface area contributed by atoms with Gasteiger partial charge in [-0.2, -0.15) is 0 Å². The second-order valence-corrected chi connectivity index (χ2v) is 10.6. The number of amides is 1. The van der Waals surface area contributed by atoms with Crippen LogP contribution in [-0.2, 0) is 9.53 Å². The average molecular weight is 459 g/mol. The van der Waals surface area contributed by atoms with E-state index >= 15 is 0 Å². The topological polar surface area (TPSA) is 58.6 Å². The zero-order chi connectivity index (χ0) is 23.2. The minimum Gasteiger partial charge on any atom is -0.466 e. The van der Waals surface area contributed by atoms with Gasteiger partial charge in [0.25, 0.3) is 5.91 Å². The fourth-order valence-electron chi connectivity index (χ4n) is 7.37. The molecule has 5 heteroatoms. The lowest BCUT2D eigenvalue weighted by atomic mass is 9.68. The normalized spacial score (nSPS) is 29.8. The largest absolute Gasteiger partial charge is 0.466 e. The molecule has 2 aliphatic heterocycles. The van der Waals surface area contributed by atoms with E-state index in [0.29, 0.717) is 50.4 Å². The quantitative estimate of drug-likeness (QED) is 0.624. The predicted octanol–water partition coefficient (Wildman–Crippen LogP) is 5.40. The van der Waals surface area contributed by atoms with Gasteiger partial charge >= 0.3 is 5.97 Å². The van der Waals surface area contributed by atoms with Crippen molar-refractivity contribution in [3.8, 4) is 0 Å². The van der Waals surface area contributed by atoms with E-state index in [2.05, 4.69) is 47.8 Å². The molecular weight excluding hydrogens is 424 g/mol. The number of piperidine rings is 1. The Morgan fingerprint density at radius 1 is 1.00 bits per heavy atom. The van der Waals surface area contributed by atoms with Gasteiger partial charge in [0.2, 0.25) is 0 Å². The number of anilines is 1. The lowest BCUT2D eigenvalue weighted by Crippen LogP contribution is -2.41. The molecule has 2 bridgehead atoms. The molecule has 34 heavy (non-hydrogen) atoms. The minimum atomic E-state index is -0.121. The number of nitrogens with zero attached hydrogens (tertiary/aromatic N) is 1. The van der Waals surface area contributed by atoms with E-state index < -0.39 is 0 Å². The first-order chi connectivity index (χ1) is 16.6. The molecule has 2 aromatic rings. The van der Waals surface area contributed by atoms with Gasteiger partial charge in [-0.15, -0.1) is 0 Å². The Morgan fingerprint density at radius 3 is 2.53 bits per heavy atom. The Hall–Kier alpha value is -2.82. The summed E-state index contributed by atoms with van der Waals surface area (Å²) in [5.41, 5.74) is 4.70. The molecule has 1 amide bonds. The molecule has 5 atom stereocenters. The van der Waals surface area contributed by atoms with Gasteiger partial charge < -0.3 is 15.0 Å². The minimum absolute atomic E-state index is 0.0820. The number of likely N-dealkylation sites (tertiary alicyclic amines) is 1. The van der Waals surface area contributed by atoms with E-state index in [9.17, 15) is 9.59 Å². The Morgan fingerprint density at radius 2 is 1.76 bits per heavy atom. The molecule has 6 rings (SSSR count). The van der Waals surface area contributed by atoms with Crippen LogP contribution in [0.1, 0.15) is 72.5 Å². The van der Waals surface area contributed by atoms with Crippen LogP contribution in [0, 0.1) is 23.7 Å². The first-order valence-corrected chi connectivity index (χ1v) is 13.1. The Bertz CT molecular complexity index is 1080. The van der Waals surface area contributed by atoms with Gasteiger partial charge in [-0.05, 0) is 92.0 Å². The van der Waals surface area contributed by atoms with Crippen molar-refractivity contribution in [1.82, 2.24) is 4.90 Å². The van der Waals surface area contributed by atoms with Crippen LogP contribution in [0.4, 0.5) is 5.69 Å². The number of hydrogen-bond acceptors (Lipinski definition) is 4. The zero-order valence-corrected chi connectivity index (χ0v) is 19.9. The fraction of sp³-hybridized carbons (Fsp3) is 0.517. The summed E-state index contributed by atoms with van der Waals surface area (Å²) in [5.74, 6) is 2.51. The van der Waals surface area contributed by atoms with Crippen molar-refractivity contribution in [2.45, 2.75) is 51.0 Å². The molecule has 178 valence electrons.